The summed E-state index contributed by atoms with van der Waals surface area (Å²) in [6.07, 6.45) is 0.991. The van der Waals surface area contributed by atoms with E-state index < -0.39 is 0 Å². The summed E-state index contributed by atoms with van der Waals surface area (Å²) in [6.45, 7) is 0.552. The molecule has 4 heteroatoms. The summed E-state index contributed by atoms with van der Waals surface area (Å²) < 4.78 is 5.19. The Kier molecular flexibility index (Phi) is 3.88. The fourth-order valence-corrected chi connectivity index (χ4v) is 1.76. The molecule has 1 aliphatic heterocycles. The van der Waals surface area contributed by atoms with Gasteiger partial charge in [0.25, 0.3) is 0 Å². The molecule has 17 heavy (non-hydrogen) atoms. The molecule has 0 radical (unpaired) electrons. The van der Waals surface area contributed by atoms with Crippen molar-refractivity contribution in [2.75, 3.05) is 6.54 Å². The number of rotatable bonds is 3. The highest BCUT2D eigenvalue weighted by Crippen LogP contribution is 2.08. The van der Waals surface area contributed by atoms with Gasteiger partial charge < -0.3 is 4.74 Å². The van der Waals surface area contributed by atoms with Gasteiger partial charge in [0.15, 0.2) is 0 Å². The highest BCUT2D eigenvalue weighted by molar-refractivity contribution is 5.85. The van der Waals surface area contributed by atoms with Gasteiger partial charge in [-0.3, -0.25) is 14.9 Å². The molecule has 1 aliphatic rings. The third-order valence-corrected chi connectivity index (χ3v) is 2.77. The van der Waals surface area contributed by atoms with Crippen molar-refractivity contribution in [3.05, 3.63) is 35.9 Å². The minimum absolute atomic E-state index is 0.150. The Balaban J connectivity index is 1.80. The van der Waals surface area contributed by atoms with Crippen molar-refractivity contribution in [2.45, 2.75) is 25.5 Å². The zero-order chi connectivity index (χ0) is 12.1. The third kappa shape index (κ3) is 3.39. The van der Waals surface area contributed by atoms with Gasteiger partial charge in [-0.25, -0.2) is 0 Å². The summed E-state index contributed by atoms with van der Waals surface area (Å²) in [5.41, 5.74) is 0.965. The minimum atomic E-state index is -0.337. The van der Waals surface area contributed by atoms with Crippen molar-refractivity contribution in [2.24, 2.45) is 0 Å². The lowest BCUT2D eigenvalue weighted by Crippen LogP contribution is -2.44. The van der Waals surface area contributed by atoms with Crippen LogP contribution in [0.15, 0.2) is 30.3 Å². The largest absolute Gasteiger partial charge is 0.460 e. The number of hydrogen-bond acceptors (Lipinski definition) is 4. The van der Waals surface area contributed by atoms with Crippen molar-refractivity contribution in [1.82, 2.24) is 5.32 Å². The fourth-order valence-electron chi connectivity index (χ4n) is 1.76. The molecular formula is C13H15NO3. The van der Waals surface area contributed by atoms with E-state index in [1.165, 1.54) is 0 Å². The van der Waals surface area contributed by atoms with Crippen molar-refractivity contribution < 1.29 is 14.3 Å². The average Bonchev–Trinajstić information content (AvgIpc) is 2.38. The molecule has 0 spiro atoms. The third-order valence-electron chi connectivity index (χ3n) is 2.77. The molecule has 1 atom stereocenters. The summed E-state index contributed by atoms with van der Waals surface area (Å²) in [4.78, 5) is 22.7. The van der Waals surface area contributed by atoms with E-state index in [1.54, 1.807) is 0 Å². The smallest absolute Gasteiger partial charge is 0.323 e. The first-order valence-corrected chi connectivity index (χ1v) is 5.71. The number of carbonyl (C=O) groups is 2. The Morgan fingerprint density at radius 3 is 2.76 bits per heavy atom. The monoisotopic (exact) mass is 233 g/mol. The van der Waals surface area contributed by atoms with Gasteiger partial charge in [-0.2, -0.15) is 0 Å². The number of piperidine rings is 1. The van der Waals surface area contributed by atoms with Crippen LogP contribution in [0.25, 0.3) is 0 Å². The van der Waals surface area contributed by atoms with Crippen molar-refractivity contribution >= 4 is 11.8 Å². The number of esters is 1. The maximum Gasteiger partial charge on any atom is 0.323 e. The Bertz CT molecular complexity index is 392. The molecule has 0 aromatic heterocycles. The summed E-state index contributed by atoms with van der Waals surface area (Å²) >= 11 is 0. The second-order valence-electron chi connectivity index (χ2n) is 4.10. The zero-order valence-electron chi connectivity index (χ0n) is 9.52. The van der Waals surface area contributed by atoms with Gasteiger partial charge in [0, 0.05) is 6.42 Å². The summed E-state index contributed by atoms with van der Waals surface area (Å²) in [6, 6.07) is 9.20. The fraction of sp³-hybridized carbons (Fsp3) is 0.385. The van der Waals surface area contributed by atoms with E-state index >= 15 is 0 Å². The van der Waals surface area contributed by atoms with Crippen LogP contribution >= 0.6 is 0 Å². The molecule has 0 amide bonds. The number of carbonyl (C=O) groups excluding carboxylic acids is 2. The van der Waals surface area contributed by atoms with E-state index in [4.69, 9.17) is 4.74 Å². The van der Waals surface area contributed by atoms with Gasteiger partial charge in [0.1, 0.15) is 18.4 Å². The predicted octanol–water partition coefficient (Wildman–Crippen LogP) is 1.05. The highest BCUT2D eigenvalue weighted by atomic mass is 16.5. The second kappa shape index (κ2) is 5.59. The van der Waals surface area contributed by atoms with Crippen LogP contribution in [-0.2, 0) is 20.9 Å². The standard InChI is InChI=1S/C13H15NO3/c15-11-6-7-12(14-8-11)13(16)17-9-10-4-2-1-3-5-10/h1-5,12,14H,6-9H2/t12-/m0/s1. The van der Waals surface area contributed by atoms with Gasteiger partial charge >= 0.3 is 5.97 Å². The number of hydrogen-bond donors (Lipinski definition) is 1. The zero-order valence-corrected chi connectivity index (χ0v) is 9.52. The van der Waals surface area contributed by atoms with Gasteiger partial charge in [-0.1, -0.05) is 30.3 Å². The SMILES string of the molecule is O=C1CC[C@@H](C(=O)OCc2ccccc2)NC1. The van der Waals surface area contributed by atoms with E-state index in [0.29, 0.717) is 12.8 Å². The molecule has 1 aromatic carbocycles. The number of ketones is 1. The lowest BCUT2D eigenvalue weighted by molar-refractivity contribution is -0.148. The van der Waals surface area contributed by atoms with Crippen LogP contribution in [-0.4, -0.2) is 24.3 Å². The van der Waals surface area contributed by atoms with Crippen LogP contribution in [0.5, 0.6) is 0 Å². The molecule has 0 saturated carbocycles. The number of benzene rings is 1. The predicted molar refractivity (Wildman–Crippen MR) is 62.3 cm³/mol. The molecule has 1 N–H and O–H groups in total. The Labute approximate surface area is 100.0 Å². The topological polar surface area (TPSA) is 55.4 Å². The minimum Gasteiger partial charge on any atom is -0.460 e. The summed E-state index contributed by atoms with van der Waals surface area (Å²) in [5.74, 6) is -0.126. The van der Waals surface area contributed by atoms with Gasteiger partial charge in [0.05, 0.1) is 6.54 Å². The van der Waals surface area contributed by atoms with E-state index in [0.717, 1.165) is 5.56 Å². The quantitative estimate of drug-likeness (QED) is 0.793. The molecule has 1 heterocycles. The summed E-state index contributed by atoms with van der Waals surface area (Å²) in [5, 5.41) is 2.88. The van der Waals surface area contributed by atoms with E-state index in [-0.39, 0.29) is 30.9 Å². The lowest BCUT2D eigenvalue weighted by Gasteiger charge is -2.20. The van der Waals surface area contributed by atoms with Crippen molar-refractivity contribution in [1.29, 1.82) is 0 Å². The Morgan fingerprint density at radius 1 is 1.35 bits per heavy atom. The molecule has 0 bridgehead atoms. The maximum absolute atomic E-state index is 11.7. The lowest BCUT2D eigenvalue weighted by atomic mass is 10.0. The van der Waals surface area contributed by atoms with E-state index in [2.05, 4.69) is 5.32 Å². The van der Waals surface area contributed by atoms with E-state index in [9.17, 15) is 9.59 Å². The Hall–Kier alpha value is -1.68. The average molecular weight is 233 g/mol. The molecule has 90 valence electrons. The first kappa shape index (κ1) is 11.8. The van der Waals surface area contributed by atoms with Gasteiger partial charge in [-0.05, 0) is 12.0 Å². The number of Topliss-reactive ketones (excluding diaryl/α,β-unsaturated/α-hetero) is 1. The van der Waals surface area contributed by atoms with Crippen LogP contribution < -0.4 is 5.32 Å². The molecule has 0 aliphatic carbocycles. The summed E-state index contributed by atoms with van der Waals surface area (Å²) in [7, 11) is 0. The van der Waals surface area contributed by atoms with Crippen LogP contribution in [0.1, 0.15) is 18.4 Å². The molecule has 0 unspecified atom stereocenters. The first-order valence-electron chi connectivity index (χ1n) is 5.71. The normalized spacial score (nSPS) is 20.0. The van der Waals surface area contributed by atoms with E-state index in [1.807, 2.05) is 30.3 Å². The second-order valence-corrected chi connectivity index (χ2v) is 4.10. The Morgan fingerprint density at radius 2 is 2.12 bits per heavy atom. The van der Waals surface area contributed by atoms with Crippen molar-refractivity contribution in [3.8, 4) is 0 Å². The highest BCUT2D eigenvalue weighted by Gasteiger charge is 2.25. The van der Waals surface area contributed by atoms with Crippen LogP contribution in [0, 0.1) is 0 Å². The molecule has 4 nitrogen and oxygen atoms in total. The number of nitrogens with one attached hydrogen (secondary N) is 1. The first-order chi connectivity index (χ1) is 8.25. The van der Waals surface area contributed by atoms with Gasteiger partial charge in [0.2, 0.25) is 0 Å². The molecule has 1 saturated heterocycles. The van der Waals surface area contributed by atoms with Crippen LogP contribution in [0.3, 0.4) is 0 Å². The van der Waals surface area contributed by atoms with Gasteiger partial charge in [-0.15, -0.1) is 0 Å². The van der Waals surface area contributed by atoms with Crippen LogP contribution in [0.2, 0.25) is 0 Å². The molecule has 2 rings (SSSR count). The molecular weight excluding hydrogens is 218 g/mol. The van der Waals surface area contributed by atoms with Crippen LogP contribution in [0.4, 0.5) is 0 Å². The number of ether oxygens (including phenoxy) is 1. The maximum atomic E-state index is 11.7. The van der Waals surface area contributed by atoms with Crippen molar-refractivity contribution in [3.63, 3.8) is 0 Å². The molecule has 1 aromatic rings. The molecule has 1 fully saturated rings.